The molecule has 2 aliphatic rings. The molecule has 1 aromatic heterocycles. The van der Waals surface area contributed by atoms with E-state index >= 15 is 0 Å². The Morgan fingerprint density at radius 1 is 1.23 bits per heavy atom. The lowest BCUT2D eigenvalue weighted by Crippen LogP contribution is -2.55. The first-order valence-electron chi connectivity index (χ1n) is 10.6. The molecule has 2 fully saturated rings. The van der Waals surface area contributed by atoms with Gasteiger partial charge in [-0.3, -0.25) is 9.78 Å². The van der Waals surface area contributed by atoms with Crippen LogP contribution < -0.4 is 0 Å². The second-order valence-corrected chi connectivity index (χ2v) is 8.90. The summed E-state index contributed by atoms with van der Waals surface area (Å²) in [5.41, 5.74) is 2.30. The summed E-state index contributed by atoms with van der Waals surface area (Å²) in [6.45, 7) is 4.61. The molecular formula is C25H27F2NO3. The van der Waals surface area contributed by atoms with E-state index in [0.717, 1.165) is 16.7 Å². The smallest absolute Gasteiger partial charge is 0.315 e. The number of cyclic esters (lactones) is 1. The Kier molecular flexibility index (Phi) is 5.46. The highest BCUT2D eigenvalue weighted by Gasteiger charge is 2.67. The number of alkyl halides is 2. The number of fused-ring (bicyclic) bond motifs is 1. The van der Waals surface area contributed by atoms with Crippen LogP contribution in [0.3, 0.4) is 0 Å². The van der Waals surface area contributed by atoms with Crippen molar-refractivity contribution in [3.8, 4) is 11.1 Å². The lowest BCUT2D eigenvalue weighted by Gasteiger charge is -2.47. The van der Waals surface area contributed by atoms with Crippen molar-refractivity contribution in [2.45, 2.75) is 39.2 Å². The molecule has 1 aliphatic carbocycles. The summed E-state index contributed by atoms with van der Waals surface area (Å²) in [6.07, 6.45) is 3.98. The first kappa shape index (κ1) is 21.6. The second-order valence-electron chi connectivity index (χ2n) is 8.90. The number of aliphatic hydroxyl groups is 1. The minimum Gasteiger partial charge on any atom is -0.462 e. The normalized spacial score (nSPS) is 32.1. The van der Waals surface area contributed by atoms with Crippen LogP contribution in [0.4, 0.5) is 8.78 Å². The molecule has 1 N–H and O–H groups in total. The molecule has 1 saturated heterocycles. The summed E-state index contributed by atoms with van der Waals surface area (Å²) in [6, 6.07) is 11.8. The maximum Gasteiger partial charge on any atom is 0.315 e. The lowest BCUT2D eigenvalue weighted by molar-refractivity contribution is -0.177. The molecule has 5 atom stereocenters. The standard InChI is InChI=1S/C25H27F2NO3/c1-15-6-4-5-7-20(15)18-8-9-19(28-12-18)10-11-21-16(2)25(26,27)13-24(14-29)22(21)17(3)31-23(24)30/h4-12,16-17,21-22,29H,13-14H2,1-3H3/b11-10+/t16-,17+,21-,22-,24-/m0/s1. The summed E-state index contributed by atoms with van der Waals surface area (Å²) >= 11 is 0. The van der Waals surface area contributed by atoms with Gasteiger partial charge in [-0.15, -0.1) is 0 Å². The summed E-state index contributed by atoms with van der Waals surface area (Å²) < 4.78 is 35.0. The highest BCUT2D eigenvalue weighted by Crippen LogP contribution is 2.59. The summed E-state index contributed by atoms with van der Waals surface area (Å²) in [5.74, 6) is -5.94. The number of benzene rings is 1. The minimum atomic E-state index is -3.08. The number of aliphatic hydroxyl groups excluding tert-OH is 1. The van der Waals surface area contributed by atoms with Crippen molar-refractivity contribution >= 4 is 12.0 Å². The Morgan fingerprint density at radius 2 is 1.97 bits per heavy atom. The van der Waals surface area contributed by atoms with Crippen molar-refractivity contribution in [2.24, 2.45) is 23.2 Å². The molecule has 0 amide bonds. The Hall–Kier alpha value is -2.60. The molecule has 4 rings (SSSR count). The van der Waals surface area contributed by atoms with Crippen LogP contribution >= 0.6 is 0 Å². The average Bonchev–Trinajstić information content (AvgIpc) is 2.98. The molecule has 2 heterocycles. The number of hydrogen-bond donors (Lipinski definition) is 1. The maximum absolute atomic E-state index is 14.9. The number of carbonyl (C=O) groups excluding carboxylic acids is 1. The van der Waals surface area contributed by atoms with Crippen LogP contribution in [0.2, 0.25) is 0 Å². The number of aryl methyl sites for hydroxylation is 1. The van der Waals surface area contributed by atoms with Gasteiger partial charge in [0.15, 0.2) is 0 Å². The van der Waals surface area contributed by atoms with E-state index in [0.29, 0.717) is 5.69 Å². The van der Waals surface area contributed by atoms with Crippen LogP contribution in [0, 0.1) is 30.1 Å². The predicted molar refractivity (Wildman–Crippen MR) is 114 cm³/mol. The number of carbonyl (C=O) groups is 1. The van der Waals surface area contributed by atoms with Crippen molar-refractivity contribution in [3.63, 3.8) is 0 Å². The van der Waals surface area contributed by atoms with E-state index in [1.54, 1.807) is 25.3 Å². The maximum atomic E-state index is 14.9. The molecule has 1 saturated carbocycles. The van der Waals surface area contributed by atoms with Gasteiger partial charge in [0, 0.05) is 30.0 Å². The SMILES string of the molecule is Cc1ccccc1-c1ccc(/C=C/[C@@H]2[C@@H]3[C@@H](C)OC(=O)[C@]3(CO)CC(F)(F)[C@H]2C)nc1. The third-order valence-electron chi connectivity index (χ3n) is 7.07. The fourth-order valence-electron chi connectivity index (χ4n) is 5.27. The number of nitrogens with zero attached hydrogens (tertiary/aromatic N) is 1. The first-order valence-corrected chi connectivity index (χ1v) is 10.6. The largest absolute Gasteiger partial charge is 0.462 e. The fraction of sp³-hybridized carbons (Fsp3) is 0.440. The second kappa shape index (κ2) is 7.83. The van der Waals surface area contributed by atoms with E-state index in [1.165, 1.54) is 6.92 Å². The van der Waals surface area contributed by atoms with Gasteiger partial charge >= 0.3 is 5.97 Å². The van der Waals surface area contributed by atoms with E-state index in [-0.39, 0.29) is 0 Å². The van der Waals surface area contributed by atoms with Crippen molar-refractivity contribution in [1.29, 1.82) is 0 Å². The van der Waals surface area contributed by atoms with E-state index < -0.39 is 54.2 Å². The fourth-order valence-corrected chi connectivity index (χ4v) is 5.27. The number of allylic oxidation sites excluding steroid dienone is 1. The van der Waals surface area contributed by atoms with E-state index in [2.05, 4.69) is 4.98 Å². The lowest BCUT2D eigenvalue weighted by atomic mass is 9.57. The first-order chi connectivity index (χ1) is 14.7. The van der Waals surface area contributed by atoms with Crippen LogP contribution in [0.15, 0.2) is 48.7 Å². The summed E-state index contributed by atoms with van der Waals surface area (Å²) in [7, 11) is 0. The molecule has 6 heteroatoms. The van der Waals surface area contributed by atoms with Gasteiger partial charge in [0.2, 0.25) is 0 Å². The molecule has 0 unspecified atom stereocenters. The number of esters is 1. The van der Waals surface area contributed by atoms with E-state index in [9.17, 15) is 18.7 Å². The van der Waals surface area contributed by atoms with Crippen molar-refractivity contribution in [1.82, 2.24) is 4.98 Å². The van der Waals surface area contributed by atoms with Crippen LogP contribution in [0.25, 0.3) is 17.2 Å². The number of ether oxygens (including phenoxy) is 1. The van der Waals surface area contributed by atoms with Crippen molar-refractivity contribution in [2.75, 3.05) is 6.61 Å². The number of rotatable bonds is 4. The quantitative estimate of drug-likeness (QED) is 0.705. The van der Waals surface area contributed by atoms with Crippen LogP contribution in [-0.4, -0.2) is 34.7 Å². The highest BCUT2D eigenvalue weighted by atomic mass is 19.3. The van der Waals surface area contributed by atoms with Gasteiger partial charge in [0.1, 0.15) is 11.5 Å². The third-order valence-corrected chi connectivity index (χ3v) is 7.07. The molecule has 2 aromatic rings. The summed E-state index contributed by atoms with van der Waals surface area (Å²) in [5, 5.41) is 9.95. The van der Waals surface area contributed by atoms with Gasteiger partial charge in [-0.25, -0.2) is 8.78 Å². The monoisotopic (exact) mass is 427 g/mol. The Labute approximate surface area is 181 Å². The predicted octanol–water partition coefficient (Wildman–Crippen LogP) is 4.90. The van der Waals surface area contributed by atoms with Gasteiger partial charge < -0.3 is 9.84 Å². The highest BCUT2D eigenvalue weighted by molar-refractivity contribution is 5.80. The molecule has 31 heavy (non-hydrogen) atoms. The molecule has 4 nitrogen and oxygen atoms in total. The average molecular weight is 427 g/mol. The molecule has 1 aromatic carbocycles. The van der Waals surface area contributed by atoms with Crippen LogP contribution in [0.1, 0.15) is 31.5 Å². The zero-order chi connectivity index (χ0) is 22.4. The van der Waals surface area contributed by atoms with Crippen molar-refractivity contribution < 1.29 is 23.4 Å². The number of halogens is 2. The number of pyridine rings is 1. The topological polar surface area (TPSA) is 59.4 Å². The molecule has 0 spiro atoms. The van der Waals surface area contributed by atoms with Gasteiger partial charge in [0.25, 0.3) is 5.92 Å². The van der Waals surface area contributed by atoms with Gasteiger partial charge in [0.05, 0.1) is 12.3 Å². The molecule has 1 aliphatic heterocycles. The van der Waals surface area contributed by atoms with Crippen LogP contribution in [0.5, 0.6) is 0 Å². The van der Waals surface area contributed by atoms with E-state index in [1.807, 2.05) is 43.3 Å². The van der Waals surface area contributed by atoms with Crippen molar-refractivity contribution in [3.05, 3.63) is 59.9 Å². The Bertz CT molecular complexity index is 1000. The Balaban J connectivity index is 1.64. The molecule has 164 valence electrons. The van der Waals surface area contributed by atoms with Crippen LogP contribution in [-0.2, 0) is 9.53 Å². The zero-order valence-corrected chi connectivity index (χ0v) is 17.9. The van der Waals surface area contributed by atoms with Gasteiger partial charge in [-0.1, -0.05) is 43.3 Å². The van der Waals surface area contributed by atoms with Gasteiger partial charge in [-0.2, -0.15) is 0 Å². The minimum absolute atomic E-state index is 0.512. The molecule has 0 bridgehead atoms. The molecular weight excluding hydrogens is 400 g/mol. The number of aromatic nitrogens is 1. The van der Waals surface area contributed by atoms with E-state index in [4.69, 9.17) is 4.74 Å². The summed E-state index contributed by atoms with van der Waals surface area (Å²) in [4.78, 5) is 16.9. The molecule has 0 radical (unpaired) electrons. The zero-order valence-electron chi connectivity index (χ0n) is 17.9. The third kappa shape index (κ3) is 3.57. The number of hydrogen-bond acceptors (Lipinski definition) is 4. The van der Waals surface area contributed by atoms with Gasteiger partial charge in [-0.05, 0) is 43.0 Å². The Morgan fingerprint density at radius 3 is 2.61 bits per heavy atom.